The van der Waals surface area contributed by atoms with E-state index in [-0.39, 0.29) is 35.4 Å². The number of carbonyl (C=O) groups excluding carboxylic acids is 1. The van der Waals surface area contributed by atoms with Gasteiger partial charge in [0.15, 0.2) is 0 Å². The molecule has 4 heteroatoms. The summed E-state index contributed by atoms with van der Waals surface area (Å²) in [5.74, 6) is 0.915. The third kappa shape index (κ3) is 8.03. The number of rotatable bonds is 14. The van der Waals surface area contributed by atoms with Crippen molar-refractivity contribution in [2.75, 3.05) is 19.8 Å². The van der Waals surface area contributed by atoms with E-state index in [1.165, 1.54) is 38.5 Å². The standard InChI is InChI=1S/C27H50O4/c1-5-7-9-11-22(12-10-8-6-2)13-24(30)31-21-26(4)15-23-14-25(3,19-28)17-27(16-23,18-26)20-29/h22-23,28-29H,5-21H2,1-4H3. The van der Waals surface area contributed by atoms with E-state index in [1.807, 2.05) is 0 Å². The molecule has 2 aliphatic carbocycles. The number of hydrogen-bond donors (Lipinski definition) is 2. The van der Waals surface area contributed by atoms with Crippen LogP contribution in [-0.2, 0) is 9.53 Å². The topological polar surface area (TPSA) is 66.8 Å². The summed E-state index contributed by atoms with van der Waals surface area (Å²) in [5, 5.41) is 20.2. The van der Waals surface area contributed by atoms with Crippen LogP contribution < -0.4 is 0 Å². The molecule has 0 aliphatic heterocycles. The first kappa shape index (κ1) is 26.6. The second-order valence-electron chi connectivity index (χ2n) is 12.0. The molecule has 31 heavy (non-hydrogen) atoms. The Morgan fingerprint density at radius 1 is 0.903 bits per heavy atom. The minimum Gasteiger partial charge on any atom is -0.465 e. The van der Waals surface area contributed by atoms with Crippen molar-refractivity contribution in [2.24, 2.45) is 28.1 Å². The summed E-state index contributed by atoms with van der Waals surface area (Å²) in [4.78, 5) is 12.7. The first-order chi connectivity index (χ1) is 14.7. The lowest BCUT2D eigenvalue weighted by atomic mass is 9.49. The van der Waals surface area contributed by atoms with Crippen LogP contribution in [-0.4, -0.2) is 36.0 Å². The van der Waals surface area contributed by atoms with E-state index in [9.17, 15) is 15.0 Å². The molecule has 2 N–H and O–H groups in total. The predicted molar refractivity (Wildman–Crippen MR) is 127 cm³/mol. The summed E-state index contributed by atoms with van der Waals surface area (Å²) < 4.78 is 5.89. The number of unbranched alkanes of at least 4 members (excludes halogenated alkanes) is 4. The SMILES string of the molecule is CCCCCC(CCCCC)CC(=O)OCC1(C)CC2CC(C)(CO)CC(CO)(C2)C1. The number of aliphatic hydroxyl groups is 2. The van der Waals surface area contributed by atoms with Gasteiger partial charge in [-0.2, -0.15) is 0 Å². The fraction of sp³-hybridized carbons (Fsp3) is 0.963. The Labute approximate surface area is 191 Å². The summed E-state index contributed by atoms with van der Waals surface area (Å²) in [5.41, 5.74) is -0.297. The predicted octanol–water partition coefficient (Wildman–Crippen LogP) is 6.27. The Kier molecular flexibility index (Phi) is 10.3. The fourth-order valence-electron chi connectivity index (χ4n) is 7.06. The minimum absolute atomic E-state index is 0.0341. The fourth-order valence-corrected chi connectivity index (χ4v) is 7.06. The highest BCUT2D eigenvalue weighted by molar-refractivity contribution is 5.69. The van der Waals surface area contributed by atoms with Crippen molar-refractivity contribution in [3.8, 4) is 0 Å². The van der Waals surface area contributed by atoms with Gasteiger partial charge in [0.2, 0.25) is 0 Å². The van der Waals surface area contributed by atoms with Crippen molar-refractivity contribution in [3.63, 3.8) is 0 Å². The highest BCUT2D eigenvalue weighted by Crippen LogP contribution is 2.60. The molecule has 2 bridgehead atoms. The Morgan fingerprint density at radius 3 is 2.03 bits per heavy atom. The first-order valence-corrected chi connectivity index (χ1v) is 13.1. The van der Waals surface area contributed by atoms with Crippen LogP contribution in [0.25, 0.3) is 0 Å². The molecule has 4 unspecified atom stereocenters. The van der Waals surface area contributed by atoms with Crippen molar-refractivity contribution >= 4 is 5.97 Å². The van der Waals surface area contributed by atoms with Crippen LogP contribution in [0.2, 0.25) is 0 Å². The van der Waals surface area contributed by atoms with Gasteiger partial charge in [0.1, 0.15) is 0 Å². The van der Waals surface area contributed by atoms with Gasteiger partial charge in [-0.1, -0.05) is 66.2 Å². The smallest absolute Gasteiger partial charge is 0.306 e. The van der Waals surface area contributed by atoms with Crippen LogP contribution in [0.4, 0.5) is 0 Å². The zero-order chi connectivity index (χ0) is 23.0. The van der Waals surface area contributed by atoms with Crippen LogP contribution in [0.3, 0.4) is 0 Å². The van der Waals surface area contributed by atoms with Gasteiger partial charge in [-0.25, -0.2) is 0 Å². The molecule has 0 aromatic rings. The summed E-state index contributed by atoms with van der Waals surface area (Å²) in [6.45, 7) is 9.66. The van der Waals surface area contributed by atoms with Gasteiger partial charge in [-0.15, -0.1) is 0 Å². The maximum absolute atomic E-state index is 12.7. The van der Waals surface area contributed by atoms with Crippen LogP contribution in [0.15, 0.2) is 0 Å². The van der Waals surface area contributed by atoms with Crippen LogP contribution in [0.1, 0.15) is 118 Å². The van der Waals surface area contributed by atoms with E-state index in [2.05, 4.69) is 27.7 Å². The zero-order valence-electron chi connectivity index (χ0n) is 20.9. The maximum Gasteiger partial charge on any atom is 0.306 e. The third-order valence-electron chi connectivity index (χ3n) is 8.07. The molecule has 0 radical (unpaired) electrons. The van der Waals surface area contributed by atoms with E-state index in [0.29, 0.717) is 24.9 Å². The van der Waals surface area contributed by atoms with E-state index in [4.69, 9.17) is 4.74 Å². The molecular formula is C27H50O4. The summed E-state index contributed by atoms with van der Waals surface area (Å²) in [7, 11) is 0. The molecule has 2 aliphatic rings. The van der Waals surface area contributed by atoms with Crippen molar-refractivity contribution in [3.05, 3.63) is 0 Å². The lowest BCUT2D eigenvalue weighted by Gasteiger charge is -2.56. The monoisotopic (exact) mass is 438 g/mol. The molecule has 2 fully saturated rings. The minimum atomic E-state index is -0.136. The van der Waals surface area contributed by atoms with Gasteiger partial charge < -0.3 is 14.9 Å². The third-order valence-corrected chi connectivity index (χ3v) is 8.07. The van der Waals surface area contributed by atoms with Crippen molar-refractivity contribution < 1.29 is 19.7 Å². The summed E-state index contributed by atoms with van der Waals surface area (Å²) >= 11 is 0. The quantitative estimate of drug-likeness (QED) is 0.248. The molecule has 0 amide bonds. The van der Waals surface area contributed by atoms with Crippen LogP contribution >= 0.6 is 0 Å². The average Bonchev–Trinajstić information content (AvgIpc) is 2.71. The number of esters is 1. The molecule has 4 atom stereocenters. The molecule has 2 rings (SSSR count). The molecule has 2 saturated carbocycles. The van der Waals surface area contributed by atoms with E-state index in [0.717, 1.165) is 44.9 Å². The molecule has 0 spiro atoms. The van der Waals surface area contributed by atoms with Gasteiger partial charge in [-0.3, -0.25) is 4.79 Å². The lowest BCUT2D eigenvalue weighted by molar-refractivity contribution is -0.156. The molecule has 4 nitrogen and oxygen atoms in total. The van der Waals surface area contributed by atoms with Gasteiger partial charge in [-0.05, 0) is 67.6 Å². The molecule has 0 saturated heterocycles. The van der Waals surface area contributed by atoms with Crippen molar-refractivity contribution in [2.45, 2.75) is 118 Å². The molecule has 182 valence electrons. The number of ether oxygens (including phenoxy) is 1. The average molecular weight is 439 g/mol. The number of fused-ring (bicyclic) bond motifs is 2. The Hall–Kier alpha value is -0.610. The van der Waals surface area contributed by atoms with Crippen LogP contribution in [0.5, 0.6) is 0 Å². The van der Waals surface area contributed by atoms with Gasteiger partial charge in [0, 0.05) is 25.0 Å². The molecule has 0 aromatic carbocycles. The van der Waals surface area contributed by atoms with Gasteiger partial charge in [0.05, 0.1) is 6.61 Å². The Bertz CT molecular complexity index is 537. The normalized spacial score (nSPS) is 32.9. The maximum atomic E-state index is 12.7. The van der Waals surface area contributed by atoms with Gasteiger partial charge in [0.25, 0.3) is 0 Å². The van der Waals surface area contributed by atoms with Gasteiger partial charge >= 0.3 is 5.97 Å². The van der Waals surface area contributed by atoms with Crippen LogP contribution in [0, 0.1) is 28.1 Å². The summed E-state index contributed by atoms with van der Waals surface area (Å²) in [6.07, 6.45) is 15.0. The highest BCUT2D eigenvalue weighted by atomic mass is 16.5. The number of carbonyl (C=O) groups is 1. The van der Waals surface area contributed by atoms with Crippen molar-refractivity contribution in [1.82, 2.24) is 0 Å². The first-order valence-electron chi connectivity index (χ1n) is 13.1. The second-order valence-corrected chi connectivity index (χ2v) is 12.0. The molecular weight excluding hydrogens is 388 g/mol. The number of hydrogen-bond acceptors (Lipinski definition) is 4. The van der Waals surface area contributed by atoms with E-state index in [1.54, 1.807) is 0 Å². The molecule has 0 heterocycles. The number of aliphatic hydroxyl groups excluding tert-OH is 2. The molecule has 0 aromatic heterocycles. The Balaban J connectivity index is 1.90. The van der Waals surface area contributed by atoms with E-state index >= 15 is 0 Å². The lowest BCUT2D eigenvalue weighted by Crippen LogP contribution is -2.51. The zero-order valence-corrected chi connectivity index (χ0v) is 20.9. The highest BCUT2D eigenvalue weighted by Gasteiger charge is 2.53. The Morgan fingerprint density at radius 2 is 1.48 bits per heavy atom. The van der Waals surface area contributed by atoms with Crippen molar-refractivity contribution in [1.29, 1.82) is 0 Å². The van der Waals surface area contributed by atoms with E-state index < -0.39 is 0 Å². The second kappa shape index (κ2) is 12.0. The summed E-state index contributed by atoms with van der Waals surface area (Å²) in [6, 6.07) is 0. The largest absolute Gasteiger partial charge is 0.465 e.